The topological polar surface area (TPSA) is 94.7 Å². The summed E-state index contributed by atoms with van der Waals surface area (Å²) >= 11 is 0. The molecule has 0 fully saturated rings. The summed E-state index contributed by atoms with van der Waals surface area (Å²) in [5, 5.41) is 23.9. The lowest BCUT2D eigenvalue weighted by Gasteiger charge is -2.07. The van der Waals surface area contributed by atoms with Gasteiger partial charge in [-0.15, -0.1) is 0 Å². The van der Waals surface area contributed by atoms with Gasteiger partial charge in [0.2, 0.25) is 0 Å². The Labute approximate surface area is 372 Å². The van der Waals surface area contributed by atoms with E-state index in [1.165, 1.54) is 86.2 Å². The van der Waals surface area contributed by atoms with Crippen molar-refractivity contribution in [2.24, 2.45) is 0 Å². The molecule has 6 heteroatoms. The van der Waals surface area contributed by atoms with Crippen molar-refractivity contribution in [1.29, 1.82) is 0 Å². The largest absolute Gasteiger partial charge is 0.355 e. The lowest BCUT2D eigenvalue weighted by molar-refractivity contribution is 1.56. The van der Waals surface area contributed by atoms with Crippen LogP contribution in [0.2, 0.25) is 0 Å². The number of rotatable bonds is 0. The second kappa shape index (κ2) is 11.6. The van der Waals surface area contributed by atoms with E-state index < -0.39 is 0 Å². The molecule has 0 aliphatic carbocycles. The Kier molecular flexibility index (Phi) is 5.88. The van der Waals surface area contributed by atoms with Gasteiger partial charge in [-0.3, -0.25) is 0 Å². The van der Waals surface area contributed by atoms with Crippen LogP contribution in [0.5, 0.6) is 0 Å². The van der Waals surface area contributed by atoms with Crippen LogP contribution in [0.3, 0.4) is 0 Å². The molecule has 0 amide bonds. The predicted molar refractivity (Wildman–Crippen MR) is 281 cm³/mol. The summed E-state index contributed by atoms with van der Waals surface area (Å²) in [6.07, 6.45) is 0. The quantitative estimate of drug-likeness (QED) is 0.0878. The van der Waals surface area contributed by atoms with E-state index in [-0.39, 0.29) is 0 Å². The highest BCUT2D eigenvalue weighted by Crippen LogP contribution is 2.52. The first-order chi connectivity index (χ1) is 32.7. The molecular weight excluding hydrogens is 805 g/mol. The maximum absolute atomic E-state index is 4.17. The number of nitrogens with one attached hydrogen (secondary N) is 6. The van der Waals surface area contributed by atoms with E-state index in [2.05, 4.69) is 200 Å². The Bertz CT molecular complexity index is 4790. The molecule has 0 saturated heterocycles. The zero-order valence-electron chi connectivity index (χ0n) is 35.2. The number of H-pyrrole nitrogens is 6. The summed E-state index contributed by atoms with van der Waals surface area (Å²) in [5.74, 6) is 0. The van der Waals surface area contributed by atoms with E-state index in [0.29, 0.717) is 0 Å². The van der Waals surface area contributed by atoms with Crippen LogP contribution in [0.25, 0.3) is 174 Å². The van der Waals surface area contributed by atoms with Crippen LogP contribution in [-0.2, 0) is 0 Å². The van der Waals surface area contributed by atoms with Gasteiger partial charge >= 0.3 is 0 Å². The van der Waals surface area contributed by atoms with Crippen molar-refractivity contribution in [2.75, 3.05) is 0 Å². The molecule has 6 bridgehead atoms. The molecule has 7 aromatic heterocycles. The third-order valence-corrected chi connectivity index (χ3v) is 15.2. The number of benzene rings is 10. The molecular formula is C60H34N6. The van der Waals surface area contributed by atoms with Crippen molar-refractivity contribution in [3.63, 3.8) is 0 Å². The Morgan fingerprint density at radius 3 is 0.727 bits per heavy atom. The minimum absolute atomic E-state index is 1.07. The Morgan fingerprint density at radius 2 is 0.409 bits per heavy atom. The molecule has 304 valence electrons. The predicted octanol–water partition coefficient (Wildman–Crippen LogP) is 16.7. The van der Waals surface area contributed by atoms with Crippen molar-refractivity contribution in [3.05, 3.63) is 170 Å². The molecule has 0 spiro atoms. The van der Waals surface area contributed by atoms with Crippen molar-refractivity contribution < 1.29 is 0 Å². The van der Waals surface area contributed by atoms with Crippen LogP contribution in [0.4, 0.5) is 0 Å². The van der Waals surface area contributed by atoms with Crippen LogP contribution >= 0.6 is 0 Å². The Morgan fingerprint density at radius 1 is 0.167 bits per heavy atom. The summed E-state index contributed by atoms with van der Waals surface area (Å²) in [6.45, 7) is 0. The van der Waals surface area contributed by atoms with Gasteiger partial charge in [-0.05, 0) is 24.3 Å². The average molecular weight is 839 g/mol. The van der Waals surface area contributed by atoms with Gasteiger partial charge in [0.1, 0.15) is 0 Å². The first-order valence-electron chi connectivity index (χ1n) is 22.8. The van der Waals surface area contributed by atoms with Gasteiger partial charge < -0.3 is 29.9 Å². The van der Waals surface area contributed by atoms with E-state index in [9.17, 15) is 0 Å². The molecule has 6 N–H and O–H groups in total. The Balaban J connectivity index is 1.27. The fraction of sp³-hybridized carbons (Fsp3) is 0. The van der Waals surface area contributed by atoms with Crippen LogP contribution in [0, 0.1) is 0 Å². The molecule has 0 aliphatic rings. The van der Waals surface area contributed by atoms with Crippen molar-refractivity contribution in [1.82, 2.24) is 29.9 Å². The number of fused-ring (bicyclic) bond motifs is 22. The van der Waals surface area contributed by atoms with Gasteiger partial charge in [0.15, 0.2) is 0 Å². The fourth-order valence-electron chi connectivity index (χ4n) is 12.6. The van der Waals surface area contributed by atoms with E-state index in [0.717, 1.165) is 87.7 Å². The molecule has 10 aromatic carbocycles. The van der Waals surface area contributed by atoms with Crippen LogP contribution in [0.15, 0.2) is 170 Å². The summed E-state index contributed by atoms with van der Waals surface area (Å²) in [5.41, 5.74) is 13.5. The van der Waals surface area contributed by atoms with Crippen molar-refractivity contribution in [3.8, 4) is 0 Å². The highest BCUT2D eigenvalue weighted by Gasteiger charge is 2.27. The molecule has 0 saturated carbocycles. The first kappa shape index (κ1) is 33.5. The van der Waals surface area contributed by atoms with Gasteiger partial charge in [0.25, 0.3) is 0 Å². The van der Waals surface area contributed by atoms with Gasteiger partial charge in [-0.25, -0.2) is 0 Å². The maximum Gasteiger partial charge on any atom is 0.0552 e. The highest BCUT2D eigenvalue weighted by molar-refractivity contribution is 6.49. The average Bonchev–Trinajstić information content (AvgIpc) is 4.24. The molecule has 17 aromatic rings. The highest BCUT2D eigenvalue weighted by atomic mass is 14.8. The van der Waals surface area contributed by atoms with Gasteiger partial charge in [-0.2, -0.15) is 0 Å². The molecule has 7 heterocycles. The molecule has 0 unspecified atom stereocenters. The minimum atomic E-state index is 1.07. The smallest absolute Gasteiger partial charge is 0.0552 e. The van der Waals surface area contributed by atoms with Gasteiger partial charge in [0, 0.05) is 130 Å². The first-order valence-corrected chi connectivity index (χ1v) is 22.8. The van der Waals surface area contributed by atoms with E-state index >= 15 is 0 Å². The van der Waals surface area contributed by atoms with E-state index in [1.807, 2.05) is 0 Å². The summed E-state index contributed by atoms with van der Waals surface area (Å²) in [7, 11) is 0. The van der Waals surface area contributed by atoms with Gasteiger partial charge in [-0.1, -0.05) is 146 Å². The van der Waals surface area contributed by atoms with Crippen LogP contribution in [-0.4, -0.2) is 29.9 Å². The molecule has 66 heavy (non-hydrogen) atoms. The number of aromatic nitrogens is 6. The molecule has 0 atom stereocenters. The van der Waals surface area contributed by atoms with Crippen LogP contribution < -0.4 is 0 Å². The fourth-order valence-corrected chi connectivity index (χ4v) is 12.6. The van der Waals surface area contributed by atoms with E-state index in [4.69, 9.17) is 0 Å². The second-order valence-corrected chi connectivity index (χ2v) is 18.4. The Hall–Kier alpha value is -9.00. The van der Waals surface area contributed by atoms with Crippen LogP contribution in [0.1, 0.15) is 0 Å². The molecule has 0 radical (unpaired) electrons. The van der Waals surface area contributed by atoms with Gasteiger partial charge in [0.05, 0.1) is 44.1 Å². The van der Waals surface area contributed by atoms with Crippen molar-refractivity contribution >= 4 is 174 Å². The second-order valence-electron chi connectivity index (χ2n) is 18.4. The standard InChI is InChI=1S/C60H34N6/c1-3-15-31-29(13-1)43-25-26-44(61-43)30-14-2-4-16-32(30)46-28-42-48-50-52-51-49-47-41-27-45(31)62-53(41)33-17-5-7-19-35(33)55(47)64-57(49)37-21-9-11-23-39(37)59(51)66-60(52)40-24-12-10-22-38(40)58(50)65-56(48)36-20-8-6-18-34(36)54(42)63-46/h1-28,61-66H. The van der Waals surface area contributed by atoms with E-state index in [1.54, 1.807) is 0 Å². The third kappa shape index (κ3) is 3.93. The third-order valence-electron chi connectivity index (χ3n) is 15.2. The lowest BCUT2D eigenvalue weighted by Crippen LogP contribution is -1.81. The summed E-state index contributed by atoms with van der Waals surface area (Å²) in [4.78, 5) is 24.4. The summed E-state index contributed by atoms with van der Waals surface area (Å²) in [6, 6.07) is 62.5. The SMILES string of the molecule is c1ccc2c3cc4c([nH]3)c3ccccc3c3[nH]c5c6ccccc6c6[nH]c7c8ccccc8c8[nH]c9c%10ccccc%10c%10[nH]c(cc%10c9c8c7c6c5c43)c3ccccc3c3ccc([nH]3)c2c1. The maximum atomic E-state index is 4.17. The molecule has 0 aliphatic heterocycles. The zero-order valence-corrected chi connectivity index (χ0v) is 35.2. The van der Waals surface area contributed by atoms with Crippen molar-refractivity contribution in [2.45, 2.75) is 0 Å². The molecule has 6 nitrogen and oxygen atoms in total. The summed E-state index contributed by atoms with van der Waals surface area (Å²) < 4.78 is 0. The number of hydrogen-bond donors (Lipinski definition) is 6. The number of aromatic amines is 6. The molecule has 17 rings (SSSR count). The zero-order chi connectivity index (χ0) is 42.5. The number of hydrogen-bond acceptors (Lipinski definition) is 0. The lowest BCUT2D eigenvalue weighted by atomic mass is 9.93. The minimum Gasteiger partial charge on any atom is -0.355 e. The monoisotopic (exact) mass is 838 g/mol. The normalized spacial score (nSPS) is 12.8.